The number of nitrogens with one attached hydrogen (secondary N) is 1. The quantitative estimate of drug-likeness (QED) is 0.940. The highest BCUT2D eigenvalue weighted by Gasteiger charge is 2.28. The van der Waals surface area contributed by atoms with Crippen LogP contribution < -0.4 is 5.32 Å². The first-order chi connectivity index (χ1) is 9.15. The highest BCUT2D eigenvalue weighted by atomic mass is 35.5. The zero-order valence-corrected chi connectivity index (χ0v) is 11.1. The lowest BCUT2D eigenvalue weighted by Gasteiger charge is -2.30. The van der Waals surface area contributed by atoms with Crippen LogP contribution in [-0.2, 0) is 0 Å². The lowest BCUT2D eigenvalue weighted by molar-refractivity contribution is 0.252. The SMILES string of the molecule is CC(c1nc(-c2ccc(F)c(Cl)c2)no1)C1CNC1. The van der Waals surface area contributed by atoms with E-state index in [0.29, 0.717) is 23.2 Å². The van der Waals surface area contributed by atoms with Gasteiger partial charge in [0.25, 0.3) is 0 Å². The van der Waals surface area contributed by atoms with E-state index in [1.54, 1.807) is 6.07 Å². The van der Waals surface area contributed by atoms with Gasteiger partial charge in [-0.15, -0.1) is 0 Å². The van der Waals surface area contributed by atoms with E-state index in [1.165, 1.54) is 12.1 Å². The topological polar surface area (TPSA) is 51.0 Å². The van der Waals surface area contributed by atoms with Crippen LogP contribution in [0.25, 0.3) is 11.4 Å². The summed E-state index contributed by atoms with van der Waals surface area (Å²) in [6.45, 7) is 4.02. The van der Waals surface area contributed by atoms with Gasteiger partial charge in [-0.3, -0.25) is 0 Å². The summed E-state index contributed by atoms with van der Waals surface area (Å²) in [5, 5.41) is 7.20. The monoisotopic (exact) mass is 281 g/mol. The second-order valence-electron chi connectivity index (χ2n) is 4.79. The van der Waals surface area contributed by atoms with Crippen LogP contribution in [0.15, 0.2) is 22.7 Å². The summed E-state index contributed by atoms with van der Waals surface area (Å²) in [5.41, 5.74) is 0.653. The van der Waals surface area contributed by atoms with Gasteiger partial charge in [-0.1, -0.05) is 23.7 Å². The van der Waals surface area contributed by atoms with E-state index in [2.05, 4.69) is 22.4 Å². The van der Waals surface area contributed by atoms with Crippen LogP contribution in [0.2, 0.25) is 5.02 Å². The second kappa shape index (κ2) is 4.90. The Morgan fingerprint density at radius 1 is 1.47 bits per heavy atom. The molecule has 19 heavy (non-hydrogen) atoms. The van der Waals surface area contributed by atoms with E-state index in [4.69, 9.17) is 16.1 Å². The number of rotatable bonds is 3. The Morgan fingerprint density at radius 3 is 2.89 bits per heavy atom. The van der Waals surface area contributed by atoms with Gasteiger partial charge >= 0.3 is 0 Å². The zero-order chi connectivity index (χ0) is 13.4. The van der Waals surface area contributed by atoms with Crippen LogP contribution in [-0.4, -0.2) is 23.2 Å². The highest BCUT2D eigenvalue weighted by Crippen LogP contribution is 2.28. The molecule has 0 bridgehead atoms. The summed E-state index contributed by atoms with van der Waals surface area (Å²) >= 11 is 5.75. The molecule has 6 heteroatoms. The molecule has 1 aliphatic heterocycles. The molecule has 2 heterocycles. The van der Waals surface area contributed by atoms with Crippen molar-refractivity contribution in [2.24, 2.45) is 5.92 Å². The van der Waals surface area contributed by atoms with Gasteiger partial charge in [-0.05, 0) is 37.2 Å². The van der Waals surface area contributed by atoms with Gasteiger partial charge in [0.15, 0.2) is 0 Å². The fraction of sp³-hybridized carbons (Fsp3) is 0.385. The predicted molar refractivity (Wildman–Crippen MR) is 69.5 cm³/mol. The van der Waals surface area contributed by atoms with Gasteiger partial charge in [0, 0.05) is 11.5 Å². The Bertz CT molecular complexity index is 597. The van der Waals surface area contributed by atoms with Gasteiger partial charge in [0.05, 0.1) is 5.02 Å². The van der Waals surface area contributed by atoms with E-state index < -0.39 is 5.82 Å². The fourth-order valence-electron chi connectivity index (χ4n) is 2.04. The van der Waals surface area contributed by atoms with Gasteiger partial charge < -0.3 is 9.84 Å². The fourth-order valence-corrected chi connectivity index (χ4v) is 2.22. The molecular formula is C13H13ClFN3O. The first-order valence-electron chi connectivity index (χ1n) is 6.15. The maximum Gasteiger partial charge on any atom is 0.230 e. The first-order valence-corrected chi connectivity index (χ1v) is 6.52. The van der Waals surface area contributed by atoms with Crippen LogP contribution >= 0.6 is 11.6 Å². The molecule has 1 fully saturated rings. The molecule has 100 valence electrons. The van der Waals surface area contributed by atoms with Crippen LogP contribution in [0, 0.1) is 11.7 Å². The first kappa shape index (κ1) is 12.6. The van der Waals surface area contributed by atoms with E-state index >= 15 is 0 Å². The Kier molecular flexibility index (Phi) is 3.24. The Hall–Kier alpha value is -1.46. The summed E-state index contributed by atoms with van der Waals surface area (Å²) < 4.78 is 18.4. The summed E-state index contributed by atoms with van der Waals surface area (Å²) in [4.78, 5) is 4.37. The molecule has 1 unspecified atom stereocenters. The molecule has 0 amide bonds. The molecule has 0 radical (unpaired) electrons. The number of hydrogen-bond donors (Lipinski definition) is 1. The Labute approximate surface area is 115 Å². The number of halogens is 2. The van der Waals surface area contributed by atoms with Crippen molar-refractivity contribution in [3.63, 3.8) is 0 Å². The van der Waals surface area contributed by atoms with Crippen molar-refractivity contribution < 1.29 is 8.91 Å². The second-order valence-corrected chi connectivity index (χ2v) is 5.20. The third-order valence-electron chi connectivity index (χ3n) is 3.53. The van der Waals surface area contributed by atoms with Gasteiger partial charge in [-0.2, -0.15) is 4.98 Å². The molecule has 0 saturated carbocycles. The maximum absolute atomic E-state index is 13.1. The largest absolute Gasteiger partial charge is 0.339 e. The number of benzene rings is 1. The minimum atomic E-state index is -0.456. The average molecular weight is 282 g/mol. The Balaban J connectivity index is 1.85. The van der Waals surface area contributed by atoms with Crippen LogP contribution in [0.1, 0.15) is 18.7 Å². The van der Waals surface area contributed by atoms with Crippen molar-refractivity contribution in [1.82, 2.24) is 15.5 Å². The predicted octanol–water partition coefficient (Wildman–Crippen LogP) is 2.85. The van der Waals surface area contributed by atoms with Crippen molar-refractivity contribution in [3.8, 4) is 11.4 Å². The van der Waals surface area contributed by atoms with E-state index in [9.17, 15) is 4.39 Å². The van der Waals surface area contributed by atoms with E-state index in [0.717, 1.165) is 13.1 Å². The molecule has 1 N–H and O–H groups in total. The molecule has 1 atom stereocenters. The van der Waals surface area contributed by atoms with Gasteiger partial charge in [0.2, 0.25) is 11.7 Å². The smallest absolute Gasteiger partial charge is 0.230 e. The maximum atomic E-state index is 13.1. The lowest BCUT2D eigenvalue weighted by Crippen LogP contribution is -2.44. The molecule has 2 aromatic rings. The summed E-state index contributed by atoms with van der Waals surface area (Å²) in [6.07, 6.45) is 0. The summed E-state index contributed by atoms with van der Waals surface area (Å²) in [5.74, 6) is 1.35. The number of nitrogens with zero attached hydrogens (tertiary/aromatic N) is 2. The van der Waals surface area contributed by atoms with Crippen LogP contribution in [0.4, 0.5) is 4.39 Å². The third-order valence-corrected chi connectivity index (χ3v) is 3.82. The van der Waals surface area contributed by atoms with E-state index in [1.807, 2.05) is 0 Å². The van der Waals surface area contributed by atoms with Crippen LogP contribution in [0.5, 0.6) is 0 Å². The van der Waals surface area contributed by atoms with Gasteiger partial charge in [-0.25, -0.2) is 4.39 Å². The lowest BCUT2D eigenvalue weighted by atomic mass is 9.89. The Morgan fingerprint density at radius 2 is 2.26 bits per heavy atom. The van der Waals surface area contributed by atoms with Crippen molar-refractivity contribution >= 4 is 11.6 Å². The zero-order valence-electron chi connectivity index (χ0n) is 10.4. The van der Waals surface area contributed by atoms with Crippen molar-refractivity contribution in [2.45, 2.75) is 12.8 Å². The molecule has 3 rings (SSSR count). The minimum Gasteiger partial charge on any atom is -0.339 e. The molecule has 1 aliphatic rings. The molecular weight excluding hydrogens is 269 g/mol. The molecule has 1 aromatic carbocycles. The molecule has 0 spiro atoms. The molecule has 1 aromatic heterocycles. The summed E-state index contributed by atoms with van der Waals surface area (Å²) in [6, 6.07) is 4.39. The van der Waals surface area contributed by atoms with Gasteiger partial charge in [0.1, 0.15) is 5.82 Å². The van der Waals surface area contributed by atoms with Crippen molar-refractivity contribution in [3.05, 3.63) is 34.9 Å². The summed E-state index contributed by atoms with van der Waals surface area (Å²) in [7, 11) is 0. The highest BCUT2D eigenvalue weighted by molar-refractivity contribution is 6.31. The standard InChI is InChI=1S/C13H13ClFN3O/c1-7(9-5-16-6-9)13-17-12(18-19-13)8-2-3-11(15)10(14)4-8/h2-4,7,9,16H,5-6H2,1H3. The van der Waals surface area contributed by atoms with Crippen molar-refractivity contribution in [1.29, 1.82) is 0 Å². The molecule has 4 nitrogen and oxygen atoms in total. The minimum absolute atomic E-state index is 0.0556. The van der Waals surface area contributed by atoms with Crippen molar-refractivity contribution in [2.75, 3.05) is 13.1 Å². The van der Waals surface area contributed by atoms with Crippen LogP contribution in [0.3, 0.4) is 0 Å². The van der Waals surface area contributed by atoms with E-state index in [-0.39, 0.29) is 10.9 Å². The normalized spacial score (nSPS) is 17.2. The average Bonchev–Trinajstić information content (AvgIpc) is 2.80. The number of hydrogen-bond acceptors (Lipinski definition) is 4. The number of aromatic nitrogens is 2. The third kappa shape index (κ3) is 2.35. The molecule has 1 saturated heterocycles. The molecule has 0 aliphatic carbocycles.